The van der Waals surface area contributed by atoms with Crippen molar-refractivity contribution in [2.75, 3.05) is 11.9 Å². The van der Waals surface area contributed by atoms with Crippen LogP contribution >= 0.6 is 11.6 Å². The van der Waals surface area contributed by atoms with Crippen LogP contribution in [0.1, 0.15) is 11.3 Å². The molecule has 0 radical (unpaired) electrons. The SMILES string of the molecule is Cc1cc(Cl)ccc1OCC(=O)Nc1cccc(-c2ccc(CO)o2)c1. The maximum Gasteiger partial charge on any atom is 0.262 e. The summed E-state index contributed by atoms with van der Waals surface area (Å²) in [6, 6.07) is 16.0. The van der Waals surface area contributed by atoms with Crippen LogP contribution in [0.3, 0.4) is 0 Å². The average molecular weight is 372 g/mol. The largest absolute Gasteiger partial charge is 0.483 e. The van der Waals surface area contributed by atoms with Crippen LogP contribution in [0.2, 0.25) is 5.02 Å². The van der Waals surface area contributed by atoms with Gasteiger partial charge in [-0.15, -0.1) is 0 Å². The van der Waals surface area contributed by atoms with Crippen molar-refractivity contribution in [3.8, 4) is 17.1 Å². The number of hydrogen-bond donors (Lipinski definition) is 2. The van der Waals surface area contributed by atoms with Crippen molar-refractivity contribution in [3.63, 3.8) is 0 Å². The lowest BCUT2D eigenvalue weighted by molar-refractivity contribution is -0.118. The van der Waals surface area contributed by atoms with Gasteiger partial charge in [-0.25, -0.2) is 0 Å². The maximum absolute atomic E-state index is 12.1. The summed E-state index contributed by atoms with van der Waals surface area (Å²) in [6.07, 6.45) is 0. The normalized spacial score (nSPS) is 10.6. The lowest BCUT2D eigenvalue weighted by Gasteiger charge is -2.10. The molecule has 0 aliphatic heterocycles. The smallest absolute Gasteiger partial charge is 0.262 e. The fraction of sp³-hybridized carbons (Fsp3) is 0.150. The molecule has 26 heavy (non-hydrogen) atoms. The lowest BCUT2D eigenvalue weighted by Crippen LogP contribution is -2.20. The summed E-state index contributed by atoms with van der Waals surface area (Å²) < 4.78 is 11.1. The fourth-order valence-corrected chi connectivity index (χ4v) is 2.71. The number of aliphatic hydroxyl groups is 1. The van der Waals surface area contributed by atoms with Crippen molar-refractivity contribution in [3.05, 3.63) is 70.9 Å². The van der Waals surface area contributed by atoms with Gasteiger partial charge in [0, 0.05) is 16.3 Å². The van der Waals surface area contributed by atoms with Crippen LogP contribution in [0.25, 0.3) is 11.3 Å². The molecule has 0 unspecified atom stereocenters. The summed E-state index contributed by atoms with van der Waals surface area (Å²) in [5, 5.41) is 12.5. The zero-order valence-corrected chi connectivity index (χ0v) is 14.9. The topological polar surface area (TPSA) is 71.7 Å². The number of aryl methyl sites for hydroxylation is 1. The summed E-state index contributed by atoms with van der Waals surface area (Å²) in [5.74, 6) is 1.46. The number of nitrogens with one attached hydrogen (secondary N) is 1. The van der Waals surface area contributed by atoms with E-state index in [0.29, 0.717) is 28.0 Å². The summed E-state index contributed by atoms with van der Waals surface area (Å²) in [5.41, 5.74) is 2.30. The van der Waals surface area contributed by atoms with Crippen LogP contribution in [-0.4, -0.2) is 17.6 Å². The monoisotopic (exact) mass is 371 g/mol. The molecule has 0 atom stereocenters. The quantitative estimate of drug-likeness (QED) is 0.672. The van der Waals surface area contributed by atoms with Gasteiger partial charge in [-0.05, 0) is 55.0 Å². The molecule has 2 N–H and O–H groups in total. The van der Waals surface area contributed by atoms with E-state index in [1.165, 1.54) is 0 Å². The number of rotatable bonds is 6. The molecule has 1 amide bonds. The molecule has 1 heterocycles. The Hall–Kier alpha value is -2.76. The molecule has 5 nitrogen and oxygen atoms in total. The Balaban J connectivity index is 1.63. The molecule has 0 saturated heterocycles. The van der Waals surface area contributed by atoms with E-state index in [1.54, 1.807) is 42.5 Å². The van der Waals surface area contributed by atoms with Gasteiger partial charge in [0.1, 0.15) is 23.9 Å². The van der Waals surface area contributed by atoms with Crippen molar-refractivity contribution in [1.29, 1.82) is 0 Å². The molecule has 0 aliphatic rings. The van der Waals surface area contributed by atoms with Crippen molar-refractivity contribution >= 4 is 23.2 Å². The number of benzene rings is 2. The molecule has 1 aromatic heterocycles. The predicted octanol–water partition coefficient (Wildman–Crippen LogP) is 4.42. The van der Waals surface area contributed by atoms with Crippen LogP contribution in [0, 0.1) is 6.92 Å². The summed E-state index contributed by atoms with van der Waals surface area (Å²) in [6.45, 7) is 1.60. The minimum absolute atomic E-state index is 0.109. The van der Waals surface area contributed by atoms with Gasteiger partial charge in [0.05, 0.1) is 0 Å². The number of carbonyl (C=O) groups is 1. The van der Waals surface area contributed by atoms with E-state index >= 15 is 0 Å². The molecule has 134 valence electrons. The van der Waals surface area contributed by atoms with E-state index < -0.39 is 0 Å². The molecule has 0 bridgehead atoms. The first kappa shape index (κ1) is 18.0. The van der Waals surface area contributed by atoms with Crippen molar-refractivity contribution in [1.82, 2.24) is 0 Å². The van der Waals surface area contributed by atoms with Gasteiger partial charge >= 0.3 is 0 Å². The van der Waals surface area contributed by atoms with E-state index in [1.807, 2.05) is 19.1 Å². The van der Waals surface area contributed by atoms with Gasteiger partial charge in [0.25, 0.3) is 5.91 Å². The minimum atomic E-state index is -0.271. The molecule has 0 fully saturated rings. The van der Waals surface area contributed by atoms with E-state index in [9.17, 15) is 4.79 Å². The highest BCUT2D eigenvalue weighted by Crippen LogP contribution is 2.25. The molecule has 3 rings (SSSR count). The van der Waals surface area contributed by atoms with Gasteiger partial charge in [0.15, 0.2) is 6.61 Å². The van der Waals surface area contributed by atoms with Crippen LogP contribution < -0.4 is 10.1 Å². The highest BCUT2D eigenvalue weighted by molar-refractivity contribution is 6.30. The summed E-state index contributed by atoms with van der Waals surface area (Å²) >= 11 is 5.91. The van der Waals surface area contributed by atoms with Crippen molar-refractivity contribution < 1.29 is 19.1 Å². The summed E-state index contributed by atoms with van der Waals surface area (Å²) in [7, 11) is 0. The molecule has 0 aliphatic carbocycles. The van der Waals surface area contributed by atoms with Gasteiger partial charge < -0.3 is 19.6 Å². The lowest BCUT2D eigenvalue weighted by atomic mass is 10.1. The number of furan rings is 1. The number of halogens is 1. The first-order valence-electron chi connectivity index (χ1n) is 8.04. The highest BCUT2D eigenvalue weighted by atomic mass is 35.5. The number of hydrogen-bond acceptors (Lipinski definition) is 4. The third-order valence-electron chi connectivity index (χ3n) is 3.74. The zero-order chi connectivity index (χ0) is 18.5. The number of ether oxygens (including phenoxy) is 1. The molecule has 6 heteroatoms. The molecular formula is C20H18ClNO4. The number of aliphatic hydroxyl groups excluding tert-OH is 1. The predicted molar refractivity (Wildman–Crippen MR) is 100 cm³/mol. The van der Waals surface area contributed by atoms with Gasteiger partial charge in [-0.3, -0.25) is 4.79 Å². The Morgan fingerprint density at radius 2 is 2.04 bits per heavy atom. The van der Waals surface area contributed by atoms with Crippen LogP contribution in [-0.2, 0) is 11.4 Å². The standard InChI is InChI=1S/C20H18ClNO4/c1-13-9-15(21)5-7-18(13)25-12-20(24)22-16-4-2-3-14(10-16)19-8-6-17(11-23)26-19/h2-10,23H,11-12H2,1H3,(H,22,24). The minimum Gasteiger partial charge on any atom is -0.483 e. The Labute approximate surface area is 156 Å². The average Bonchev–Trinajstić information content (AvgIpc) is 3.10. The Morgan fingerprint density at radius 1 is 1.19 bits per heavy atom. The first-order valence-corrected chi connectivity index (χ1v) is 8.42. The molecule has 0 spiro atoms. The summed E-state index contributed by atoms with van der Waals surface area (Å²) in [4.78, 5) is 12.1. The number of amides is 1. The maximum atomic E-state index is 12.1. The van der Waals surface area contributed by atoms with Crippen LogP contribution in [0.15, 0.2) is 59.0 Å². The van der Waals surface area contributed by atoms with Crippen LogP contribution in [0.5, 0.6) is 5.75 Å². The van der Waals surface area contributed by atoms with Gasteiger partial charge in [0.2, 0.25) is 0 Å². The van der Waals surface area contributed by atoms with E-state index in [4.69, 9.17) is 25.9 Å². The third kappa shape index (κ3) is 4.45. The molecule has 2 aromatic carbocycles. The number of anilines is 1. The second-order valence-corrected chi connectivity index (χ2v) is 6.19. The number of carbonyl (C=O) groups excluding carboxylic acids is 1. The van der Waals surface area contributed by atoms with Gasteiger partial charge in [-0.1, -0.05) is 23.7 Å². The highest BCUT2D eigenvalue weighted by Gasteiger charge is 2.09. The van der Waals surface area contributed by atoms with E-state index in [2.05, 4.69) is 5.32 Å². The fourth-order valence-electron chi connectivity index (χ4n) is 2.48. The van der Waals surface area contributed by atoms with Gasteiger partial charge in [-0.2, -0.15) is 0 Å². The Bertz CT molecular complexity index is 920. The van der Waals surface area contributed by atoms with E-state index in [0.717, 1.165) is 11.1 Å². The zero-order valence-electron chi connectivity index (χ0n) is 14.2. The Morgan fingerprint density at radius 3 is 2.77 bits per heavy atom. The second kappa shape index (κ2) is 8.08. The van der Waals surface area contributed by atoms with Crippen molar-refractivity contribution in [2.24, 2.45) is 0 Å². The van der Waals surface area contributed by atoms with E-state index in [-0.39, 0.29) is 19.1 Å². The molecule has 0 saturated carbocycles. The third-order valence-corrected chi connectivity index (χ3v) is 3.98. The van der Waals surface area contributed by atoms with Crippen molar-refractivity contribution in [2.45, 2.75) is 13.5 Å². The second-order valence-electron chi connectivity index (χ2n) is 5.75. The molecule has 3 aromatic rings. The first-order chi connectivity index (χ1) is 12.5. The molecular weight excluding hydrogens is 354 g/mol. The van der Waals surface area contributed by atoms with Crippen LogP contribution in [0.4, 0.5) is 5.69 Å². The Kier molecular flexibility index (Phi) is 5.61.